The molecule has 1 atom stereocenters. The molecule has 0 saturated carbocycles. The smallest absolute Gasteiger partial charge is 0.134 e. The Labute approximate surface area is 95.5 Å². The van der Waals surface area contributed by atoms with Gasteiger partial charge in [-0.1, -0.05) is 24.3 Å². The Bertz CT molecular complexity index is 469. The Morgan fingerprint density at radius 1 is 1.19 bits per heavy atom. The Balaban J connectivity index is 2.28. The largest absolute Gasteiger partial charge is 0.461 e. The summed E-state index contributed by atoms with van der Waals surface area (Å²) < 4.78 is 5.70. The zero-order valence-electron chi connectivity index (χ0n) is 9.60. The molecule has 0 spiro atoms. The summed E-state index contributed by atoms with van der Waals surface area (Å²) in [5.74, 6) is 1.70. The summed E-state index contributed by atoms with van der Waals surface area (Å²) in [7, 11) is 0. The van der Waals surface area contributed by atoms with Crippen LogP contribution in [0.15, 0.2) is 40.8 Å². The third-order valence-electron chi connectivity index (χ3n) is 2.57. The van der Waals surface area contributed by atoms with E-state index >= 15 is 0 Å². The van der Waals surface area contributed by atoms with Gasteiger partial charge in [0.1, 0.15) is 11.5 Å². The molecule has 0 aliphatic rings. The second-order valence-corrected chi connectivity index (χ2v) is 4.13. The van der Waals surface area contributed by atoms with Crippen LogP contribution in [0.3, 0.4) is 0 Å². The first-order valence-corrected chi connectivity index (χ1v) is 5.49. The van der Waals surface area contributed by atoms with Gasteiger partial charge in [0.15, 0.2) is 0 Å². The summed E-state index contributed by atoms with van der Waals surface area (Å²) in [6.45, 7) is 3.82. The van der Waals surface area contributed by atoms with Crippen LogP contribution < -0.4 is 0 Å². The number of aryl methyl sites for hydroxylation is 1. The van der Waals surface area contributed by atoms with Crippen LogP contribution in [0.1, 0.15) is 18.2 Å². The van der Waals surface area contributed by atoms with Crippen molar-refractivity contribution in [1.82, 2.24) is 0 Å². The van der Waals surface area contributed by atoms with Crippen LogP contribution in [-0.4, -0.2) is 11.2 Å². The highest BCUT2D eigenvalue weighted by molar-refractivity contribution is 5.61. The topological polar surface area (TPSA) is 33.4 Å². The summed E-state index contributed by atoms with van der Waals surface area (Å²) in [5, 5.41) is 9.28. The molecule has 1 unspecified atom stereocenters. The van der Waals surface area contributed by atoms with E-state index in [1.807, 2.05) is 30.3 Å². The second kappa shape index (κ2) is 4.54. The van der Waals surface area contributed by atoms with Crippen LogP contribution in [0.25, 0.3) is 11.3 Å². The zero-order valence-corrected chi connectivity index (χ0v) is 9.60. The van der Waals surface area contributed by atoms with E-state index < -0.39 is 0 Å². The minimum atomic E-state index is -0.365. The molecular weight excluding hydrogens is 200 g/mol. The number of hydrogen-bond donors (Lipinski definition) is 1. The number of aliphatic hydroxyl groups is 1. The molecule has 0 bridgehead atoms. The van der Waals surface area contributed by atoms with Gasteiger partial charge in [0.25, 0.3) is 0 Å². The predicted octanol–water partition coefficient (Wildman–Crippen LogP) is 3.18. The number of hydrogen-bond acceptors (Lipinski definition) is 2. The Hall–Kier alpha value is -1.54. The van der Waals surface area contributed by atoms with E-state index in [4.69, 9.17) is 4.42 Å². The maximum absolute atomic E-state index is 9.28. The van der Waals surface area contributed by atoms with Crippen LogP contribution in [-0.2, 0) is 6.42 Å². The molecule has 0 saturated heterocycles. The van der Waals surface area contributed by atoms with E-state index in [0.717, 1.165) is 17.1 Å². The van der Waals surface area contributed by atoms with Crippen LogP contribution in [0.5, 0.6) is 0 Å². The molecule has 1 aromatic heterocycles. The van der Waals surface area contributed by atoms with Crippen molar-refractivity contribution in [3.63, 3.8) is 0 Å². The van der Waals surface area contributed by atoms with Crippen LogP contribution in [0, 0.1) is 6.92 Å². The minimum absolute atomic E-state index is 0.365. The van der Waals surface area contributed by atoms with Gasteiger partial charge in [0.05, 0.1) is 6.10 Å². The van der Waals surface area contributed by atoms with Gasteiger partial charge < -0.3 is 9.52 Å². The first-order chi connectivity index (χ1) is 7.66. The number of benzene rings is 1. The summed E-state index contributed by atoms with van der Waals surface area (Å²) in [5.41, 5.74) is 2.31. The van der Waals surface area contributed by atoms with Crippen molar-refractivity contribution in [1.29, 1.82) is 0 Å². The van der Waals surface area contributed by atoms with Crippen LogP contribution in [0.4, 0.5) is 0 Å². The lowest BCUT2D eigenvalue weighted by Crippen LogP contribution is -2.02. The van der Waals surface area contributed by atoms with Gasteiger partial charge >= 0.3 is 0 Å². The third kappa shape index (κ3) is 2.34. The van der Waals surface area contributed by atoms with E-state index in [-0.39, 0.29) is 6.10 Å². The predicted molar refractivity (Wildman–Crippen MR) is 64.3 cm³/mol. The highest BCUT2D eigenvalue weighted by Crippen LogP contribution is 2.25. The van der Waals surface area contributed by atoms with E-state index in [9.17, 15) is 5.11 Å². The maximum atomic E-state index is 9.28. The normalized spacial score (nSPS) is 12.7. The molecule has 2 nitrogen and oxygen atoms in total. The summed E-state index contributed by atoms with van der Waals surface area (Å²) in [6.07, 6.45) is 0.196. The molecule has 2 rings (SSSR count). The molecule has 2 heteroatoms. The van der Waals surface area contributed by atoms with E-state index in [2.05, 4.69) is 13.0 Å². The minimum Gasteiger partial charge on any atom is -0.461 e. The molecule has 1 heterocycles. The first kappa shape index (κ1) is 11.0. The number of rotatable bonds is 3. The highest BCUT2D eigenvalue weighted by Gasteiger charge is 2.08. The quantitative estimate of drug-likeness (QED) is 0.854. The zero-order chi connectivity index (χ0) is 11.5. The molecule has 0 amide bonds. The van der Waals surface area contributed by atoms with Crippen LogP contribution in [0.2, 0.25) is 0 Å². The van der Waals surface area contributed by atoms with Crippen LogP contribution >= 0.6 is 0 Å². The number of aliphatic hydroxyl groups excluding tert-OH is 1. The SMILES string of the molecule is Cc1ccccc1-c1ccc(CC(C)O)o1. The molecule has 0 radical (unpaired) electrons. The van der Waals surface area contributed by atoms with Crippen molar-refractivity contribution in [3.8, 4) is 11.3 Å². The molecule has 84 valence electrons. The standard InChI is InChI=1S/C14H16O2/c1-10-5-3-4-6-13(10)14-8-7-12(16-14)9-11(2)15/h3-8,11,15H,9H2,1-2H3. The van der Waals surface area contributed by atoms with Crippen molar-refractivity contribution < 1.29 is 9.52 Å². The van der Waals surface area contributed by atoms with Gasteiger partial charge in [0, 0.05) is 12.0 Å². The number of furan rings is 1. The lowest BCUT2D eigenvalue weighted by molar-refractivity contribution is 0.187. The average molecular weight is 216 g/mol. The lowest BCUT2D eigenvalue weighted by atomic mass is 10.1. The van der Waals surface area contributed by atoms with Gasteiger partial charge in [-0.05, 0) is 31.5 Å². The summed E-state index contributed by atoms with van der Waals surface area (Å²) in [6, 6.07) is 12.0. The van der Waals surface area contributed by atoms with Gasteiger partial charge in [0.2, 0.25) is 0 Å². The van der Waals surface area contributed by atoms with E-state index in [1.165, 1.54) is 5.56 Å². The van der Waals surface area contributed by atoms with Gasteiger partial charge in [-0.15, -0.1) is 0 Å². The second-order valence-electron chi connectivity index (χ2n) is 4.13. The molecule has 0 aliphatic heterocycles. The summed E-state index contributed by atoms with van der Waals surface area (Å²) in [4.78, 5) is 0. The molecule has 2 aromatic rings. The molecule has 1 N–H and O–H groups in total. The molecular formula is C14H16O2. The van der Waals surface area contributed by atoms with Gasteiger partial charge in [-0.2, -0.15) is 0 Å². The average Bonchev–Trinajstić information content (AvgIpc) is 2.66. The molecule has 1 aromatic carbocycles. The monoisotopic (exact) mass is 216 g/mol. The Morgan fingerprint density at radius 2 is 1.94 bits per heavy atom. The lowest BCUT2D eigenvalue weighted by Gasteiger charge is -2.02. The maximum Gasteiger partial charge on any atom is 0.134 e. The molecule has 0 fully saturated rings. The van der Waals surface area contributed by atoms with Gasteiger partial charge in [-0.25, -0.2) is 0 Å². The fraction of sp³-hybridized carbons (Fsp3) is 0.286. The Kier molecular flexibility index (Phi) is 3.11. The van der Waals surface area contributed by atoms with Crippen molar-refractivity contribution >= 4 is 0 Å². The Morgan fingerprint density at radius 3 is 2.62 bits per heavy atom. The molecule has 16 heavy (non-hydrogen) atoms. The fourth-order valence-electron chi connectivity index (χ4n) is 1.77. The third-order valence-corrected chi connectivity index (χ3v) is 2.57. The van der Waals surface area contributed by atoms with Crippen molar-refractivity contribution in [2.24, 2.45) is 0 Å². The van der Waals surface area contributed by atoms with E-state index in [1.54, 1.807) is 6.92 Å². The van der Waals surface area contributed by atoms with E-state index in [0.29, 0.717) is 6.42 Å². The van der Waals surface area contributed by atoms with Crippen molar-refractivity contribution in [3.05, 3.63) is 47.7 Å². The molecule has 0 aliphatic carbocycles. The van der Waals surface area contributed by atoms with Crippen molar-refractivity contribution in [2.75, 3.05) is 0 Å². The van der Waals surface area contributed by atoms with Gasteiger partial charge in [-0.3, -0.25) is 0 Å². The highest BCUT2D eigenvalue weighted by atomic mass is 16.3. The summed E-state index contributed by atoms with van der Waals surface area (Å²) >= 11 is 0. The van der Waals surface area contributed by atoms with Crippen molar-refractivity contribution in [2.45, 2.75) is 26.4 Å². The fourth-order valence-corrected chi connectivity index (χ4v) is 1.77. The first-order valence-electron chi connectivity index (χ1n) is 5.49.